The molecule has 0 aromatic heterocycles. The van der Waals surface area contributed by atoms with Crippen molar-refractivity contribution >= 4 is 5.91 Å². The summed E-state index contributed by atoms with van der Waals surface area (Å²) in [6, 6.07) is 0. The molecule has 1 amide bonds. The lowest BCUT2D eigenvalue weighted by Gasteiger charge is -2.18. The summed E-state index contributed by atoms with van der Waals surface area (Å²) in [5.74, 6) is 1.36. The first-order chi connectivity index (χ1) is 6.18. The van der Waals surface area contributed by atoms with Crippen LogP contribution < -0.4 is 0 Å². The van der Waals surface area contributed by atoms with Gasteiger partial charge in [0.25, 0.3) is 5.91 Å². The number of hydrogen-bond donors (Lipinski definition) is 1. The van der Waals surface area contributed by atoms with E-state index in [1.165, 1.54) is 19.3 Å². The largest absolute Gasteiger partial charge is 0.384 e. The quantitative estimate of drug-likeness (QED) is 0.647. The molecule has 1 aliphatic heterocycles. The molecule has 2 rings (SSSR count). The van der Waals surface area contributed by atoms with Gasteiger partial charge < -0.3 is 10.0 Å². The fourth-order valence-corrected chi connectivity index (χ4v) is 2.68. The zero-order chi connectivity index (χ0) is 9.42. The monoisotopic (exact) mass is 183 g/mol. The van der Waals surface area contributed by atoms with Crippen LogP contribution in [0.5, 0.6) is 0 Å². The maximum absolute atomic E-state index is 11.5. The van der Waals surface area contributed by atoms with E-state index in [0.29, 0.717) is 0 Å². The van der Waals surface area contributed by atoms with Crippen LogP contribution in [0.25, 0.3) is 0 Å². The van der Waals surface area contributed by atoms with Gasteiger partial charge in [0, 0.05) is 13.1 Å². The standard InChI is InChI=1S/C10H17NO2/c1-7(12)10(13)11-5-8-3-2-4-9(8)6-11/h7-9,12H,2-6H2,1H3/t7?,8-,9+. The van der Waals surface area contributed by atoms with E-state index in [2.05, 4.69) is 0 Å². The second-order valence-electron chi connectivity index (χ2n) is 4.37. The highest BCUT2D eigenvalue weighted by Gasteiger charge is 2.38. The third-order valence-electron chi connectivity index (χ3n) is 3.40. The van der Waals surface area contributed by atoms with Crippen molar-refractivity contribution in [2.45, 2.75) is 32.3 Å². The van der Waals surface area contributed by atoms with Gasteiger partial charge in [0.15, 0.2) is 0 Å². The molecule has 1 saturated carbocycles. The van der Waals surface area contributed by atoms with Gasteiger partial charge in [-0.25, -0.2) is 0 Å². The van der Waals surface area contributed by atoms with Crippen LogP contribution in [-0.4, -0.2) is 35.1 Å². The Balaban J connectivity index is 1.95. The highest BCUT2D eigenvalue weighted by Crippen LogP contribution is 2.37. The Kier molecular flexibility index (Phi) is 2.28. The summed E-state index contributed by atoms with van der Waals surface area (Å²) >= 11 is 0. The third kappa shape index (κ3) is 1.57. The smallest absolute Gasteiger partial charge is 0.251 e. The van der Waals surface area contributed by atoms with Crippen LogP contribution in [0.1, 0.15) is 26.2 Å². The van der Waals surface area contributed by atoms with Gasteiger partial charge in [-0.2, -0.15) is 0 Å². The Labute approximate surface area is 78.7 Å². The van der Waals surface area contributed by atoms with Crippen LogP contribution in [0.15, 0.2) is 0 Å². The molecule has 0 aromatic carbocycles. The lowest BCUT2D eigenvalue weighted by atomic mass is 10.0. The van der Waals surface area contributed by atoms with Crippen molar-refractivity contribution in [3.05, 3.63) is 0 Å². The maximum Gasteiger partial charge on any atom is 0.251 e. The summed E-state index contributed by atoms with van der Waals surface area (Å²) in [6.45, 7) is 3.32. The molecule has 1 aliphatic carbocycles. The number of aliphatic hydroxyl groups is 1. The molecule has 2 fully saturated rings. The summed E-state index contributed by atoms with van der Waals surface area (Å²) in [6.07, 6.45) is 3.05. The van der Waals surface area contributed by atoms with Crippen LogP contribution >= 0.6 is 0 Å². The minimum atomic E-state index is -0.821. The normalized spacial score (nSPS) is 34.8. The van der Waals surface area contributed by atoms with E-state index in [9.17, 15) is 4.79 Å². The zero-order valence-corrected chi connectivity index (χ0v) is 8.07. The molecule has 1 saturated heterocycles. The van der Waals surface area contributed by atoms with Gasteiger partial charge in [-0.1, -0.05) is 6.42 Å². The first-order valence-corrected chi connectivity index (χ1v) is 5.15. The molecule has 1 unspecified atom stereocenters. The lowest BCUT2D eigenvalue weighted by molar-refractivity contribution is -0.138. The fraction of sp³-hybridized carbons (Fsp3) is 0.900. The van der Waals surface area contributed by atoms with Gasteiger partial charge in [0.05, 0.1) is 0 Å². The number of carbonyl (C=O) groups excluding carboxylic acids is 1. The van der Waals surface area contributed by atoms with Crippen molar-refractivity contribution in [2.24, 2.45) is 11.8 Å². The van der Waals surface area contributed by atoms with Crippen molar-refractivity contribution in [1.82, 2.24) is 4.90 Å². The molecule has 74 valence electrons. The molecule has 13 heavy (non-hydrogen) atoms. The molecule has 1 N–H and O–H groups in total. The average molecular weight is 183 g/mol. The van der Waals surface area contributed by atoms with Crippen LogP contribution in [0.2, 0.25) is 0 Å². The summed E-state index contributed by atoms with van der Waals surface area (Å²) in [5.41, 5.74) is 0. The predicted molar refractivity (Wildman–Crippen MR) is 49.1 cm³/mol. The molecular weight excluding hydrogens is 166 g/mol. The lowest BCUT2D eigenvalue weighted by Crippen LogP contribution is -2.36. The Bertz CT molecular complexity index is 203. The van der Waals surface area contributed by atoms with Gasteiger partial charge in [0.1, 0.15) is 6.10 Å². The number of nitrogens with zero attached hydrogens (tertiary/aromatic N) is 1. The van der Waals surface area contributed by atoms with E-state index in [4.69, 9.17) is 5.11 Å². The first-order valence-electron chi connectivity index (χ1n) is 5.15. The average Bonchev–Trinajstić information content (AvgIpc) is 2.59. The summed E-state index contributed by atoms with van der Waals surface area (Å²) in [5, 5.41) is 9.15. The number of amides is 1. The van der Waals surface area contributed by atoms with E-state index in [1.807, 2.05) is 4.90 Å². The fourth-order valence-electron chi connectivity index (χ4n) is 2.68. The Morgan fingerprint density at radius 2 is 1.92 bits per heavy atom. The molecule has 0 radical (unpaired) electrons. The number of rotatable bonds is 1. The van der Waals surface area contributed by atoms with Gasteiger partial charge >= 0.3 is 0 Å². The predicted octanol–water partition coefficient (Wildman–Crippen LogP) is 0.626. The molecule has 0 spiro atoms. The molecular formula is C10H17NO2. The Hall–Kier alpha value is -0.570. The minimum Gasteiger partial charge on any atom is -0.384 e. The van der Waals surface area contributed by atoms with Gasteiger partial charge in [-0.15, -0.1) is 0 Å². The van der Waals surface area contributed by atoms with Crippen molar-refractivity contribution in [3.8, 4) is 0 Å². The molecule has 3 nitrogen and oxygen atoms in total. The highest BCUT2D eigenvalue weighted by atomic mass is 16.3. The molecule has 3 atom stereocenters. The molecule has 0 aromatic rings. The van der Waals surface area contributed by atoms with Crippen LogP contribution in [0.3, 0.4) is 0 Å². The van der Waals surface area contributed by atoms with E-state index in [1.54, 1.807) is 6.92 Å². The number of hydrogen-bond acceptors (Lipinski definition) is 2. The molecule has 3 heteroatoms. The first kappa shape index (κ1) is 9.00. The summed E-state index contributed by atoms with van der Waals surface area (Å²) in [4.78, 5) is 13.3. The van der Waals surface area contributed by atoms with E-state index in [0.717, 1.165) is 24.9 Å². The van der Waals surface area contributed by atoms with E-state index >= 15 is 0 Å². The second kappa shape index (κ2) is 3.29. The van der Waals surface area contributed by atoms with Crippen molar-refractivity contribution in [3.63, 3.8) is 0 Å². The van der Waals surface area contributed by atoms with Crippen molar-refractivity contribution in [2.75, 3.05) is 13.1 Å². The third-order valence-corrected chi connectivity index (χ3v) is 3.40. The molecule has 0 bridgehead atoms. The number of aliphatic hydroxyl groups excluding tert-OH is 1. The Morgan fingerprint density at radius 3 is 2.38 bits per heavy atom. The van der Waals surface area contributed by atoms with Gasteiger partial charge in [-0.3, -0.25) is 4.79 Å². The number of carbonyl (C=O) groups is 1. The maximum atomic E-state index is 11.5. The zero-order valence-electron chi connectivity index (χ0n) is 8.07. The molecule has 2 aliphatic rings. The highest BCUT2D eigenvalue weighted by molar-refractivity contribution is 5.80. The van der Waals surface area contributed by atoms with Crippen LogP contribution in [0, 0.1) is 11.8 Å². The Morgan fingerprint density at radius 1 is 1.38 bits per heavy atom. The van der Waals surface area contributed by atoms with Crippen molar-refractivity contribution < 1.29 is 9.90 Å². The number of fused-ring (bicyclic) bond motifs is 1. The van der Waals surface area contributed by atoms with E-state index in [-0.39, 0.29) is 5.91 Å². The second-order valence-corrected chi connectivity index (χ2v) is 4.37. The topological polar surface area (TPSA) is 40.5 Å². The van der Waals surface area contributed by atoms with Crippen LogP contribution in [-0.2, 0) is 4.79 Å². The summed E-state index contributed by atoms with van der Waals surface area (Å²) in [7, 11) is 0. The van der Waals surface area contributed by atoms with Crippen molar-refractivity contribution in [1.29, 1.82) is 0 Å². The SMILES string of the molecule is CC(O)C(=O)N1C[C@H]2CCC[C@H]2C1. The van der Waals surface area contributed by atoms with E-state index < -0.39 is 6.10 Å². The minimum absolute atomic E-state index is 0.0885. The number of likely N-dealkylation sites (tertiary alicyclic amines) is 1. The molecule has 1 heterocycles. The summed E-state index contributed by atoms with van der Waals surface area (Å²) < 4.78 is 0. The van der Waals surface area contributed by atoms with Gasteiger partial charge in [-0.05, 0) is 31.6 Å². The van der Waals surface area contributed by atoms with Gasteiger partial charge in [0.2, 0.25) is 0 Å². The van der Waals surface area contributed by atoms with Crippen LogP contribution in [0.4, 0.5) is 0 Å².